The molecule has 0 aliphatic carbocycles. The van der Waals surface area contributed by atoms with Gasteiger partial charge in [0.05, 0.1) is 11.6 Å². The maximum atomic E-state index is 13.1. The highest BCUT2D eigenvalue weighted by Gasteiger charge is 2.27. The van der Waals surface area contributed by atoms with Gasteiger partial charge in [-0.05, 0) is 42.7 Å². The van der Waals surface area contributed by atoms with E-state index in [1.54, 1.807) is 24.3 Å². The lowest BCUT2D eigenvalue weighted by molar-refractivity contribution is 0.132. The van der Waals surface area contributed by atoms with E-state index in [1.807, 2.05) is 43.4 Å². The molecule has 0 radical (unpaired) electrons. The Bertz CT molecular complexity index is 1160. The number of carbonyl (C=O) groups excluding carboxylic acids is 1. The van der Waals surface area contributed by atoms with Crippen molar-refractivity contribution in [1.29, 1.82) is 5.26 Å². The van der Waals surface area contributed by atoms with Crippen molar-refractivity contribution < 1.29 is 4.79 Å². The number of aryl methyl sites for hydroxylation is 1. The standard InChI is InChI=1S/C23H25N5O2/c1-25-11-7-19-8-14-28(21(19)22(25)29)23(30)26(2)20-9-12-27(13-10-20)16-18-5-3-17(15-24)4-6-18/h3-8,11,14,20H,9-10,12-13,16H2,1-2H3. The Balaban J connectivity index is 1.41. The van der Waals surface area contributed by atoms with Crippen molar-refractivity contribution >= 4 is 16.9 Å². The number of nitrogens with zero attached hydrogens (tertiary/aromatic N) is 5. The van der Waals surface area contributed by atoms with E-state index in [-0.39, 0.29) is 17.6 Å². The van der Waals surface area contributed by atoms with Crippen LogP contribution in [0, 0.1) is 11.3 Å². The molecule has 1 saturated heterocycles. The Hall–Kier alpha value is -3.37. The zero-order valence-electron chi connectivity index (χ0n) is 17.3. The highest BCUT2D eigenvalue weighted by atomic mass is 16.2. The van der Waals surface area contributed by atoms with Crippen molar-refractivity contribution in [2.75, 3.05) is 20.1 Å². The average molecular weight is 403 g/mol. The molecule has 3 aromatic rings. The highest BCUT2D eigenvalue weighted by Crippen LogP contribution is 2.20. The molecule has 4 rings (SSSR count). The summed E-state index contributed by atoms with van der Waals surface area (Å²) in [6, 6.07) is 13.5. The Morgan fingerprint density at radius 3 is 2.47 bits per heavy atom. The van der Waals surface area contributed by atoms with Crippen molar-refractivity contribution in [3.8, 4) is 6.07 Å². The lowest BCUT2D eigenvalue weighted by atomic mass is 10.0. The predicted molar refractivity (Wildman–Crippen MR) is 115 cm³/mol. The van der Waals surface area contributed by atoms with Crippen LogP contribution in [0.5, 0.6) is 0 Å². The van der Waals surface area contributed by atoms with Crippen molar-refractivity contribution in [1.82, 2.24) is 18.9 Å². The fourth-order valence-corrected chi connectivity index (χ4v) is 4.13. The smallest absolute Gasteiger partial charge is 0.324 e. The van der Waals surface area contributed by atoms with Crippen LogP contribution < -0.4 is 5.56 Å². The van der Waals surface area contributed by atoms with Crippen LogP contribution in [0.4, 0.5) is 4.79 Å². The van der Waals surface area contributed by atoms with Gasteiger partial charge in [-0.25, -0.2) is 4.79 Å². The Morgan fingerprint density at radius 1 is 1.13 bits per heavy atom. The monoisotopic (exact) mass is 403 g/mol. The van der Waals surface area contributed by atoms with Crippen molar-refractivity contribution in [3.05, 3.63) is 70.3 Å². The van der Waals surface area contributed by atoms with E-state index >= 15 is 0 Å². The molecule has 30 heavy (non-hydrogen) atoms. The summed E-state index contributed by atoms with van der Waals surface area (Å²) >= 11 is 0. The molecule has 1 fully saturated rings. The summed E-state index contributed by atoms with van der Waals surface area (Å²) in [5.41, 5.74) is 2.11. The summed E-state index contributed by atoms with van der Waals surface area (Å²) in [7, 11) is 3.51. The molecule has 0 unspecified atom stereocenters. The minimum atomic E-state index is -0.170. The summed E-state index contributed by atoms with van der Waals surface area (Å²) < 4.78 is 2.97. The number of piperidine rings is 1. The van der Waals surface area contributed by atoms with Gasteiger partial charge in [0.2, 0.25) is 0 Å². The lowest BCUT2D eigenvalue weighted by Gasteiger charge is -2.36. The molecule has 0 spiro atoms. The van der Waals surface area contributed by atoms with Gasteiger partial charge in [-0.3, -0.25) is 14.3 Å². The van der Waals surface area contributed by atoms with Gasteiger partial charge in [0.15, 0.2) is 0 Å². The molecule has 1 aliphatic rings. The topological polar surface area (TPSA) is 74.3 Å². The maximum Gasteiger partial charge on any atom is 0.328 e. The van der Waals surface area contributed by atoms with Crippen LogP contribution >= 0.6 is 0 Å². The number of aromatic nitrogens is 2. The summed E-state index contributed by atoms with van der Waals surface area (Å²) in [4.78, 5) is 29.8. The van der Waals surface area contributed by atoms with Crippen molar-refractivity contribution in [2.45, 2.75) is 25.4 Å². The third-order valence-corrected chi connectivity index (χ3v) is 6.02. The minimum Gasteiger partial charge on any atom is -0.324 e. The second-order valence-corrected chi connectivity index (χ2v) is 7.93. The second kappa shape index (κ2) is 8.17. The zero-order valence-corrected chi connectivity index (χ0v) is 17.3. The van der Waals surface area contributed by atoms with Crippen LogP contribution in [-0.4, -0.2) is 51.1 Å². The molecule has 7 heteroatoms. The third kappa shape index (κ3) is 3.74. The number of amides is 1. The number of rotatable bonds is 3. The van der Waals surface area contributed by atoms with Crippen molar-refractivity contribution in [3.63, 3.8) is 0 Å². The average Bonchev–Trinajstić information content (AvgIpc) is 3.21. The number of benzene rings is 1. The Kier molecular flexibility index (Phi) is 5.42. The van der Waals surface area contributed by atoms with E-state index in [0.717, 1.165) is 37.9 Å². The van der Waals surface area contributed by atoms with Gasteiger partial charge in [0, 0.05) is 57.6 Å². The van der Waals surface area contributed by atoms with Crippen LogP contribution in [0.15, 0.2) is 53.6 Å². The van der Waals surface area contributed by atoms with Crippen LogP contribution in [0.25, 0.3) is 10.9 Å². The molecule has 1 amide bonds. The van der Waals surface area contributed by atoms with Gasteiger partial charge in [-0.15, -0.1) is 0 Å². The quantitative estimate of drug-likeness (QED) is 0.674. The molecule has 1 aliphatic heterocycles. The van der Waals surface area contributed by atoms with Gasteiger partial charge in [-0.2, -0.15) is 5.26 Å². The number of nitriles is 1. The first kappa shape index (κ1) is 19.9. The van der Waals surface area contributed by atoms with Gasteiger partial charge >= 0.3 is 6.03 Å². The van der Waals surface area contributed by atoms with Crippen LogP contribution in [0.2, 0.25) is 0 Å². The third-order valence-electron chi connectivity index (χ3n) is 6.02. The lowest BCUT2D eigenvalue weighted by Crippen LogP contribution is -2.46. The molecule has 154 valence electrons. The number of likely N-dealkylation sites (tertiary alicyclic amines) is 1. The molecule has 7 nitrogen and oxygen atoms in total. The van der Waals surface area contributed by atoms with E-state index in [2.05, 4.69) is 11.0 Å². The van der Waals surface area contributed by atoms with E-state index in [0.29, 0.717) is 11.1 Å². The van der Waals surface area contributed by atoms with E-state index < -0.39 is 0 Å². The predicted octanol–water partition coefficient (Wildman–Crippen LogP) is 2.78. The number of hydrogen-bond acceptors (Lipinski definition) is 4. The summed E-state index contributed by atoms with van der Waals surface area (Å²) in [5, 5.41) is 9.69. The summed E-state index contributed by atoms with van der Waals surface area (Å²) in [6.45, 7) is 2.64. The van der Waals surface area contributed by atoms with Gasteiger partial charge in [0.25, 0.3) is 5.56 Å². The zero-order chi connectivity index (χ0) is 21.3. The first-order valence-electron chi connectivity index (χ1n) is 10.1. The fraction of sp³-hybridized carbons (Fsp3) is 0.348. The molecular weight excluding hydrogens is 378 g/mol. The fourth-order valence-electron chi connectivity index (χ4n) is 4.13. The first-order valence-corrected chi connectivity index (χ1v) is 10.1. The van der Waals surface area contributed by atoms with Crippen LogP contribution in [-0.2, 0) is 13.6 Å². The normalized spacial score (nSPS) is 15.2. The number of carbonyl (C=O) groups is 1. The number of hydrogen-bond donors (Lipinski definition) is 0. The SMILES string of the molecule is CN(C(=O)n1ccc2ccn(C)c(=O)c21)C1CCN(Cc2ccc(C#N)cc2)CC1. The van der Waals surface area contributed by atoms with E-state index in [4.69, 9.17) is 5.26 Å². The summed E-state index contributed by atoms with van der Waals surface area (Å²) in [5.74, 6) is 0. The molecule has 0 saturated carbocycles. The molecule has 0 N–H and O–H groups in total. The Morgan fingerprint density at radius 2 is 1.80 bits per heavy atom. The van der Waals surface area contributed by atoms with Gasteiger partial charge < -0.3 is 9.47 Å². The van der Waals surface area contributed by atoms with Gasteiger partial charge in [-0.1, -0.05) is 12.1 Å². The van der Waals surface area contributed by atoms with Crippen LogP contribution in [0.3, 0.4) is 0 Å². The Labute approximate surface area is 175 Å². The number of pyridine rings is 1. The van der Waals surface area contributed by atoms with Gasteiger partial charge in [0.1, 0.15) is 5.52 Å². The largest absolute Gasteiger partial charge is 0.328 e. The molecule has 0 atom stereocenters. The molecular formula is C23H25N5O2. The van der Waals surface area contributed by atoms with E-state index in [1.165, 1.54) is 14.7 Å². The van der Waals surface area contributed by atoms with Crippen LogP contribution in [0.1, 0.15) is 24.0 Å². The van der Waals surface area contributed by atoms with E-state index in [9.17, 15) is 9.59 Å². The second-order valence-electron chi connectivity index (χ2n) is 7.93. The van der Waals surface area contributed by atoms with Crippen molar-refractivity contribution in [2.24, 2.45) is 7.05 Å². The molecule has 0 bridgehead atoms. The minimum absolute atomic E-state index is 0.139. The highest BCUT2D eigenvalue weighted by molar-refractivity contribution is 5.91. The maximum absolute atomic E-state index is 13.1. The molecule has 2 aromatic heterocycles. The first-order chi connectivity index (χ1) is 14.5. The molecule has 1 aromatic carbocycles. The molecule has 3 heterocycles. The summed E-state index contributed by atoms with van der Waals surface area (Å²) in [6.07, 6.45) is 5.17. The number of fused-ring (bicyclic) bond motifs is 1.